The van der Waals surface area contributed by atoms with Gasteiger partial charge in [0.15, 0.2) is 5.69 Å². The quantitative estimate of drug-likeness (QED) is 0.673. The molecule has 2 aromatic carbocycles. The Bertz CT molecular complexity index is 1020. The molecule has 0 aliphatic carbocycles. The summed E-state index contributed by atoms with van der Waals surface area (Å²) in [6.07, 6.45) is 0. The van der Waals surface area contributed by atoms with Crippen molar-refractivity contribution in [3.63, 3.8) is 0 Å². The van der Waals surface area contributed by atoms with E-state index in [1.54, 1.807) is 28.8 Å². The van der Waals surface area contributed by atoms with Crippen LogP contribution in [0.3, 0.4) is 0 Å². The van der Waals surface area contributed by atoms with Gasteiger partial charge in [0.1, 0.15) is 11.6 Å². The summed E-state index contributed by atoms with van der Waals surface area (Å²) in [5.74, 6) is 0.442. The van der Waals surface area contributed by atoms with Gasteiger partial charge in [0.2, 0.25) is 0 Å². The molecule has 0 spiro atoms. The van der Waals surface area contributed by atoms with Crippen LogP contribution in [0.5, 0.6) is 5.75 Å². The van der Waals surface area contributed by atoms with Crippen LogP contribution in [0.15, 0.2) is 48.5 Å². The van der Waals surface area contributed by atoms with Gasteiger partial charge in [-0.25, -0.2) is 4.39 Å². The van der Waals surface area contributed by atoms with Gasteiger partial charge >= 0.3 is 0 Å². The highest BCUT2D eigenvalue weighted by Crippen LogP contribution is 2.44. The molecular weight excluding hydrogens is 357 g/mol. The topological polar surface area (TPSA) is 47.4 Å². The highest BCUT2D eigenvalue weighted by atomic mass is 19.1. The molecule has 0 saturated heterocycles. The highest BCUT2D eigenvalue weighted by molar-refractivity contribution is 6.10. The number of fused-ring (bicyclic) bond motifs is 1. The van der Waals surface area contributed by atoms with Crippen LogP contribution in [0.1, 0.15) is 53.1 Å². The number of nitrogens with zero attached hydrogens (tertiary/aromatic N) is 3. The molecule has 0 saturated carbocycles. The third kappa shape index (κ3) is 2.76. The monoisotopic (exact) mass is 379 g/mol. The number of carbonyl (C=O) groups is 1. The van der Waals surface area contributed by atoms with Crippen LogP contribution in [-0.4, -0.2) is 22.8 Å². The van der Waals surface area contributed by atoms with Crippen molar-refractivity contribution in [3.05, 3.63) is 76.9 Å². The van der Waals surface area contributed by atoms with E-state index in [2.05, 4.69) is 18.9 Å². The fraction of sp³-hybridized carbons (Fsp3) is 0.273. The second kappa shape index (κ2) is 6.78. The molecule has 1 amide bonds. The minimum absolute atomic E-state index is 0.156. The van der Waals surface area contributed by atoms with Gasteiger partial charge in [-0.2, -0.15) is 5.10 Å². The van der Waals surface area contributed by atoms with Crippen molar-refractivity contribution in [2.24, 2.45) is 7.05 Å². The van der Waals surface area contributed by atoms with Crippen LogP contribution < -0.4 is 9.64 Å². The van der Waals surface area contributed by atoms with E-state index >= 15 is 0 Å². The zero-order chi connectivity index (χ0) is 20.0. The van der Waals surface area contributed by atoms with E-state index in [4.69, 9.17) is 4.74 Å². The predicted octanol–water partition coefficient (Wildman–Crippen LogP) is 4.44. The number of aryl methyl sites for hydroxylation is 1. The van der Waals surface area contributed by atoms with Crippen LogP contribution in [0.25, 0.3) is 0 Å². The molecule has 1 aliphatic heterocycles. The molecule has 0 radical (unpaired) electrons. The van der Waals surface area contributed by atoms with Gasteiger partial charge in [-0.05, 0) is 47.9 Å². The van der Waals surface area contributed by atoms with Crippen LogP contribution in [-0.2, 0) is 7.05 Å². The number of hydrogen-bond donors (Lipinski definition) is 0. The maximum atomic E-state index is 13.6. The van der Waals surface area contributed by atoms with Crippen molar-refractivity contribution < 1.29 is 13.9 Å². The number of carbonyl (C=O) groups excluding carboxylic acids is 1. The molecular formula is C22H22FN3O2. The standard InChI is InChI=1S/C22H22FN3O2/c1-13(2)20-18-19(24-25(20)3)22(27)26(16-9-11-17(28-4)12-10-16)21(18)14-5-7-15(23)8-6-14/h5-13,21H,1-4H3. The first-order valence-electron chi connectivity index (χ1n) is 9.22. The lowest BCUT2D eigenvalue weighted by atomic mass is 9.94. The Morgan fingerprint density at radius 1 is 1.07 bits per heavy atom. The van der Waals surface area contributed by atoms with Crippen molar-refractivity contribution >= 4 is 11.6 Å². The molecule has 5 nitrogen and oxygen atoms in total. The fourth-order valence-corrected chi connectivity index (χ4v) is 4.00. The first-order valence-corrected chi connectivity index (χ1v) is 9.22. The van der Waals surface area contributed by atoms with Gasteiger partial charge in [-0.3, -0.25) is 14.4 Å². The predicted molar refractivity (Wildman–Crippen MR) is 105 cm³/mol. The number of hydrogen-bond acceptors (Lipinski definition) is 3. The summed E-state index contributed by atoms with van der Waals surface area (Å²) in [6, 6.07) is 13.3. The number of halogens is 1. The minimum Gasteiger partial charge on any atom is -0.497 e. The molecule has 6 heteroatoms. The van der Waals surface area contributed by atoms with Gasteiger partial charge in [0.05, 0.1) is 13.2 Å². The SMILES string of the molecule is COc1ccc(N2C(=O)c3nn(C)c(C(C)C)c3C2c2ccc(F)cc2)cc1. The third-order valence-electron chi connectivity index (χ3n) is 5.17. The smallest absolute Gasteiger partial charge is 0.280 e. The fourth-order valence-electron chi connectivity index (χ4n) is 4.00. The average molecular weight is 379 g/mol. The second-order valence-electron chi connectivity index (χ2n) is 7.25. The maximum Gasteiger partial charge on any atom is 0.280 e. The summed E-state index contributed by atoms with van der Waals surface area (Å²) < 4.78 is 20.6. The summed E-state index contributed by atoms with van der Waals surface area (Å²) in [6.45, 7) is 4.17. The molecule has 2 heterocycles. The Kier molecular flexibility index (Phi) is 4.41. The van der Waals surface area contributed by atoms with E-state index in [1.807, 2.05) is 31.3 Å². The van der Waals surface area contributed by atoms with Crippen molar-refractivity contribution in [1.29, 1.82) is 0 Å². The Morgan fingerprint density at radius 3 is 2.29 bits per heavy atom. The summed E-state index contributed by atoms with van der Waals surface area (Å²) >= 11 is 0. The summed E-state index contributed by atoms with van der Waals surface area (Å²) in [5, 5.41) is 4.52. The molecule has 0 fully saturated rings. The Labute approximate surface area is 163 Å². The van der Waals surface area contributed by atoms with Crippen molar-refractivity contribution in [2.75, 3.05) is 12.0 Å². The van der Waals surface area contributed by atoms with Crippen molar-refractivity contribution in [2.45, 2.75) is 25.8 Å². The molecule has 0 N–H and O–H groups in total. The zero-order valence-electron chi connectivity index (χ0n) is 16.3. The van der Waals surface area contributed by atoms with Gasteiger partial charge in [-0.1, -0.05) is 26.0 Å². The van der Waals surface area contributed by atoms with Crippen LogP contribution in [0.2, 0.25) is 0 Å². The average Bonchev–Trinajstić information content (AvgIpc) is 3.16. The molecule has 1 aliphatic rings. The zero-order valence-corrected chi connectivity index (χ0v) is 16.3. The van der Waals surface area contributed by atoms with Gasteiger partial charge in [0.25, 0.3) is 5.91 Å². The molecule has 4 rings (SSSR count). The third-order valence-corrected chi connectivity index (χ3v) is 5.17. The first kappa shape index (κ1) is 18.2. The van der Waals surface area contributed by atoms with E-state index < -0.39 is 0 Å². The summed E-state index contributed by atoms with van der Waals surface area (Å²) in [4.78, 5) is 15.1. The van der Waals surface area contributed by atoms with E-state index in [1.165, 1.54) is 12.1 Å². The molecule has 144 valence electrons. The molecule has 0 bridgehead atoms. The first-order chi connectivity index (χ1) is 13.4. The largest absolute Gasteiger partial charge is 0.497 e. The van der Waals surface area contributed by atoms with Crippen LogP contribution in [0, 0.1) is 5.82 Å². The lowest BCUT2D eigenvalue weighted by molar-refractivity contribution is 0.0988. The van der Waals surface area contributed by atoms with E-state index in [0.29, 0.717) is 11.4 Å². The van der Waals surface area contributed by atoms with Gasteiger partial charge in [0, 0.05) is 24.0 Å². The lowest BCUT2D eigenvalue weighted by Crippen LogP contribution is -2.30. The van der Waals surface area contributed by atoms with E-state index in [-0.39, 0.29) is 23.7 Å². The molecule has 1 atom stereocenters. The number of amides is 1. The normalized spacial score (nSPS) is 16.0. The number of benzene rings is 2. The highest BCUT2D eigenvalue weighted by Gasteiger charge is 2.44. The Hall–Kier alpha value is -3.15. The second-order valence-corrected chi connectivity index (χ2v) is 7.25. The Balaban J connectivity index is 1.92. The van der Waals surface area contributed by atoms with Crippen LogP contribution in [0.4, 0.5) is 10.1 Å². The number of aromatic nitrogens is 2. The van der Waals surface area contributed by atoms with E-state index in [9.17, 15) is 9.18 Å². The molecule has 3 aromatic rings. The van der Waals surface area contributed by atoms with Gasteiger partial charge in [-0.15, -0.1) is 0 Å². The lowest BCUT2D eigenvalue weighted by Gasteiger charge is -2.27. The molecule has 28 heavy (non-hydrogen) atoms. The van der Waals surface area contributed by atoms with Crippen molar-refractivity contribution in [3.8, 4) is 5.75 Å². The van der Waals surface area contributed by atoms with Crippen molar-refractivity contribution in [1.82, 2.24) is 9.78 Å². The number of ether oxygens (including phenoxy) is 1. The number of rotatable bonds is 4. The summed E-state index contributed by atoms with van der Waals surface area (Å²) in [5.41, 5.74) is 3.95. The Morgan fingerprint density at radius 2 is 1.71 bits per heavy atom. The minimum atomic E-state index is -0.359. The summed E-state index contributed by atoms with van der Waals surface area (Å²) in [7, 11) is 3.46. The molecule has 1 unspecified atom stereocenters. The van der Waals surface area contributed by atoms with E-state index in [0.717, 1.165) is 22.5 Å². The maximum absolute atomic E-state index is 13.6. The number of methoxy groups -OCH3 is 1. The number of anilines is 1. The van der Waals surface area contributed by atoms with Gasteiger partial charge < -0.3 is 4.74 Å². The molecule has 1 aromatic heterocycles. The van der Waals surface area contributed by atoms with Crippen LogP contribution >= 0.6 is 0 Å².